The van der Waals surface area contributed by atoms with E-state index in [1.807, 2.05) is 11.6 Å². The number of rotatable bonds is 3. The van der Waals surface area contributed by atoms with Gasteiger partial charge in [-0.25, -0.2) is 0 Å². The predicted octanol–water partition coefficient (Wildman–Crippen LogP) is 0.541. The van der Waals surface area contributed by atoms with E-state index in [1.165, 1.54) is 11.3 Å². The van der Waals surface area contributed by atoms with Gasteiger partial charge >= 0.3 is 0 Å². The average molecular weight is 228 g/mol. The van der Waals surface area contributed by atoms with Crippen molar-refractivity contribution in [2.75, 3.05) is 5.73 Å². The Morgan fingerprint density at radius 3 is 2.93 bits per heavy atom. The van der Waals surface area contributed by atoms with Crippen molar-refractivity contribution in [2.45, 2.75) is 10.9 Å². The van der Waals surface area contributed by atoms with Gasteiger partial charge in [-0.15, -0.1) is 20.4 Å². The maximum atomic E-state index is 5.46. The lowest BCUT2D eigenvalue weighted by Gasteiger charge is -1.95. The third-order valence-electron chi connectivity index (χ3n) is 1.48. The van der Waals surface area contributed by atoms with Crippen molar-refractivity contribution in [3.05, 3.63) is 11.3 Å². The smallest absolute Gasteiger partial charge is 0.203 e. The summed E-state index contributed by atoms with van der Waals surface area (Å²) in [5.74, 6) is 0.724. The summed E-state index contributed by atoms with van der Waals surface area (Å²) >= 11 is 2.95. The van der Waals surface area contributed by atoms with E-state index in [-0.39, 0.29) is 0 Å². The Morgan fingerprint density at radius 1 is 1.50 bits per heavy atom. The fraction of sp³-hybridized carbons (Fsp3) is 0.333. The Bertz CT molecular complexity index is 421. The minimum Gasteiger partial charge on any atom is -0.374 e. The van der Waals surface area contributed by atoms with E-state index >= 15 is 0 Å². The van der Waals surface area contributed by atoms with E-state index in [0.717, 1.165) is 15.9 Å². The third-order valence-corrected chi connectivity index (χ3v) is 3.46. The highest BCUT2D eigenvalue weighted by molar-refractivity contribution is 7.98. The van der Waals surface area contributed by atoms with Gasteiger partial charge in [-0.3, -0.25) is 0 Å². The molecule has 0 amide bonds. The molecule has 8 heteroatoms. The number of nitrogen functional groups attached to an aromatic ring is 1. The molecule has 0 atom stereocenters. The van der Waals surface area contributed by atoms with E-state index in [2.05, 4.69) is 20.4 Å². The zero-order valence-corrected chi connectivity index (χ0v) is 9.05. The van der Waals surface area contributed by atoms with Crippen LogP contribution >= 0.6 is 23.1 Å². The first-order chi connectivity index (χ1) is 6.75. The van der Waals surface area contributed by atoms with E-state index < -0.39 is 0 Å². The zero-order valence-electron chi connectivity index (χ0n) is 7.41. The lowest BCUT2D eigenvalue weighted by molar-refractivity contribution is 0.788. The molecule has 0 bridgehead atoms. The molecule has 0 fully saturated rings. The van der Waals surface area contributed by atoms with Crippen LogP contribution in [0.4, 0.5) is 5.13 Å². The van der Waals surface area contributed by atoms with Gasteiger partial charge in [0.2, 0.25) is 5.13 Å². The van der Waals surface area contributed by atoms with Crippen LogP contribution in [0.3, 0.4) is 0 Å². The number of nitrogens with two attached hydrogens (primary N) is 1. The van der Waals surface area contributed by atoms with Gasteiger partial charge in [-0.05, 0) is 0 Å². The van der Waals surface area contributed by atoms with Gasteiger partial charge in [0, 0.05) is 7.05 Å². The number of aryl methyl sites for hydroxylation is 1. The Kier molecular flexibility index (Phi) is 2.64. The number of hydrogen-bond donors (Lipinski definition) is 1. The van der Waals surface area contributed by atoms with Crippen LogP contribution in [0.15, 0.2) is 11.5 Å². The molecule has 0 radical (unpaired) electrons. The molecule has 0 aromatic carbocycles. The molecular weight excluding hydrogens is 220 g/mol. The Hall–Kier alpha value is -1.15. The molecule has 0 aliphatic carbocycles. The number of anilines is 1. The van der Waals surface area contributed by atoms with Gasteiger partial charge in [-0.2, -0.15) is 0 Å². The highest BCUT2D eigenvalue weighted by Crippen LogP contribution is 2.22. The quantitative estimate of drug-likeness (QED) is 0.772. The van der Waals surface area contributed by atoms with E-state index in [1.54, 1.807) is 18.1 Å². The summed E-state index contributed by atoms with van der Waals surface area (Å²) in [6.45, 7) is 0. The van der Waals surface area contributed by atoms with Crippen molar-refractivity contribution in [1.29, 1.82) is 0 Å². The van der Waals surface area contributed by atoms with Crippen LogP contribution in [0.2, 0.25) is 0 Å². The van der Waals surface area contributed by atoms with Gasteiger partial charge in [0.15, 0.2) is 5.16 Å². The maximum Gasteiger partial charge on any atom is 0.203 e. The lowest BCUT2D eigenvalue weighted by atomic mass is 10.9. The van der Waals surface area contributed by atoms with Gasteiger partial charge in [-0.1, -0.05) is 23.1 Å². The van der Waals surface area contributed by atoms with Crippen LogP contribution in [0.5, 0.6) is 0 Å². The summed E-state index contributed by atoms with van der Waals surface area (Å²) in [7, 11) is 1.90. The van der Waals surface area contributed by atoms with Crippen molar-refractivity contribution in [3.8, 4) is 0 Å². The summed E-state index contributed by atoms with van der Waals surface area (Å²) in [4.78, 5) is 0. The number of hydrogen-bond acceptors (Lipinski definition) is 7. The molecule has 0 saturated heterocycles. The van der Waals surface area contributed by atoms with Gasteiger partial charge in [0.05, 0.1) is 5.75 Å². The minimum atomic E-state index is 0.499. The number of aromatic nitrogens is 5. The predicted molar refractivity (Wildman–Crippen MR) is 54.9 cm³/mol. The first-order valence-corrected chi connectivity index (χ1v) is 5.60. The summed E-state index contributed by atoms with van der Waals surface area (Å²) < 4.78 is 1.86. The van der Waals surface area contributed by atoms with Gasteiger partial charge < -0.3 is 10.3 Å². The van der Waals surface area contributed by atoms with Crippen molar-refractivity contribution >= 4 is 28.2 Å². The van der Waals surface area contributed by atoms with Crippen LogP contribution in [0.25, 0.3) is 0 Å². The monoisotopic (exact) mass is 228 g/mol. The van der Waals surface area contributed by atoms with Gasteiger partial charge in [0.1, 0.15) is 11.3 Å². The van der Waals surface area contributed by atoms with Crippen molar-refractivity contribution < 1.29 is 0 Å². The minimum absolute atomic E-state index is 0.499. The molecule has 14 heavy (non-hydrogen) atoms. The molecule has 2 rings (SSSR count). The SMILES string of the molecule is Cn1cnnc1SCc1nnc(N)s1. The summed E-state index contributed by atoms with van der Waals surface area (Å²) in [6, 6.07) is 0. The molecule has 6 nitrogen and oxygen atoms in total. The van der Waals surface area contributed by atoms with Gasteiger partial charge in [0.25, 0.3) is 0 Å². The zero-order chi connectivity index (χ0) is 9.97. The summed E-state index contributed by atoms with van der Waals surface area (Å²) in [5.41, 5.74) is 5.46. The van der Waals surface area contributed by atoms with Crippen LogP contribution < -0.4 is 5.73 Å². The van der Waals surface area contributed by atoms with E-state index in [9.17, 15) is 0 Å². The average Bonchev–Trinajstić information content (AvgIpc) is 2.72. The Morgan fingerprint density at radius 2 is 2.36 bits per heavy atom. The van der Waals surface area contributed by atoms with Crippen molar-refractivity contribution in [1.82, 2.24) is 25.0 Å². The largest absolute Gasteiger partial charge is 0.374 e. The van der Waals surface area contributed by atoms with Crippen LogP contribution in [0.1, 0.15) is 5.01 Å². The van der Waals surface area contributed by atoms with Crippen LogP contribution in [-0.4, -0.2) is 25.0 Å². The standard InChI is InChI=1S/C6H8N6S2/c1-12-3-8-11-6(12)13-2-4-9-10-5(7)14-4/h3H,2H2,1H3,(H2,7,10). The number of nitrogens with zero attached hydrogens (tertiary/aromatic N) is 5. The van der Waals surface area contributed by atoms with E-state index in [4.69, 9.17) is 5.73 Å². The Balaban J connectivity index is 1.98. The molecular formula is C6H8N6S2. The van der Waals surface area contributed by atoms with Crippen molar-refractivity contribution in [3.63, 3.8) is 0 Å². The summed E-state index contributed by atoms with van der Waals surface area (Å²) in [5, 5.41) is 17.6. The topological polar surface area (TPSA) is 82.5 Å². The molecule has 2 aromatic heterocycles. The fourth-order valence-electron chi connectivity index (χ4n) is 0.854. The van der Waals surface area contributed by atoms with Crippen LogP contribution in [0, 0.1) is 0 Å². The van der Waals surface area contributed by atoms with Crippen molar-refractivity contribution in [2.24, 2.45) is 7.05 Å². The Labute approximate surface area is 88.6 Å². The van der Waals surface area contributed by atoms with Crippen LogP contribution in [-0.2, 0) is 12.8 Å². The van der Waals surface area contributed by atoms with E-state index in [0.29, 0.717) is 5.13 Å². The molecule has 0 aliphatic rings. The molecule has 0 aliphatic heterocycles. The fourth-order valence-corrected chi connectivity index (χ4v) is 2.34. The normalized spacial score (nSPS) is 10.6. The lowest BCUT2D eigenvalue weighted by Crippen LogP contribution is -1.89. The molecule has 74 valence electrons. The second kappa shape index (κ2) is 3.93. The number of thioether (sulfide) groups is 1. The summed E-state index contributed by atoms with van der Waals surface area (Å²) in [6.07, 6.45) is 1.66. The molecule has 0 spiro atoms. The second-order valence-electron chi connectivity index (χ2n) is 2.55. The highest BCUT2D eigenvalue weighted by Gasteiger charge is 2.05. The highest BCUT2D eigenvalue weighted by atomic mass is 32.2. The molecule has 0 unspecified atom stereocenters. The molecule has 2 N–H and O–H groups in total. The second-order valence-corrected chi connectivity index (χ2v) is 4.58. The first-order valence-electron chi connectivity index (χ1n) is 3.80. The molecule has 2 heterocycles. The maximum absolute atomic E-state index is 5.46. The third kappa shape index (κ3) is 2.02. The first kappa shape index (κ1) is 9.41. The molecule has 0 saturated carbocycles. The molecule has 2 aromatic rings.